The van der Waals surface area contributed by atoms with Crippen LogP contribution >= 0.6 is 11.3 Å². The second-order valence-corrected chi connectivity index (χ2v) is 7.77. The van der Waals surface area contributed by atoms with Gasteiger partial charge in [-0.2, -0.15) is 0 Å². The van der Waals surface area contributed by atoms with Crippen LogP contribution in [-0.2, 0) is 19.1 Å². The molecule has 0 saturated carbocycles. The van der Waals surface area contributed by atoms with Gasteiger partial charge < -0.3 is 20.3 Å². The zero-order chi connectivity index (χ0) is 22.6. The van der Waals surface area contributed by atoms with E-state index in [2.05, 4.69) is 10.6 Å². The molecule has 0 aliphatic rings. The van der Waals surface area contributed by atoms with Crippen LogP contribution in [0.15, 0.2) is 41.8 Å². The minimum absolute atomic E-state index is 0.0497. The molecule has 0 saturated heterocycles. The van der Waals surface area contributed by atoms with Crippen molar-refractivity contribution in [2.75, 3.05) is 31.6 Å². The molecule has 2 rings (SSSR count). The van der Waals surface area contributed by atoms with Crippen LogP contribution in [0.5, 0.6) is 0 Å². The van der Waals surface area contributed by atoms with E-state index in [1.165, 1.54) is 16.2 Å². The van der Waals surface area contributed by atoms with Gasteiger partial charge >= 0.3 is 5.97 Å². The van der Waals surface area contributed by atoms with Crippen LogP contribution in [0.3, 0.4) is 0 Å². The topological polar surface area (TPSA) is 105 Å². The van der Waals surface area contributed by atoms with Crippen LogP contribution in [0.4, 0.5) is 5.69 Å². The lowest BCUT2D eigenvalue weighted by Crippen LogP contribution is -2.41. The average molecular weight is 446 g/mol. The minimum atomic E-state index is -0.597. The van der Waals surface area contributed by atoms with Crippen LogP contribution in [0.25, 0.3) is 0 Å². The molecule has 3 amide bonds. The van der Waals surface area contributed by atoms with Gasteiger partial charge in [-0.15, -0.1) is 11.3 Å². The molecule has 9 heteroatoms. The molecule has 0 unspecified atom stereocenters. The first kappa shape index (κ1) is 24.1. The number of thiophene rings is 1. The maximum Gasteiger partial charge on any atom is 0.308 e. The first-order valence-corrected chi connectivity index (χ1v) is 10.9. The number of aryl methyl sites for hydroxylation is 1. The molecule has 1 aromatic carbocycles. The second kappa shape index (κ2) is 12.5. The highest BCUT2D eigenvalue weighted by molar-refractivity contribution is 7.12. The fraction of sp³-hybridized carbons (Fsp3) is 0.364. The first-order chi connectivity index (χ1) is 14.9. The van der Waals surface area contributed by atoms with E-state index in [1.54, 1.807) is 23.6 Å². The average Bonchev–Trinajstić information content (AvgIpc) is 3.28. The van der Waals surface area contributed by atoms with Gasteiger partial charge in [-0.1, -0.05) is 31.2 Å². The summed E-state index contributed by atoms with van der Waals surface area (Å²) in [5, 5.41) is 7.20. The van der Waals surface area contributed by atoms with E-state index in [0.29, 0.717) is 23.5 Å². The number of amides is 3. The highest BCUT2D eigenvalue weighted by Crippen LogP contribution is 2.13. The summed E-state index contributed by atoms with van der Waals surface area (Å²) in [4.78, 5) is 50.4. The molecule has 166 valence electrons. The maximum atomic E-state index is 12.4. The number of ether oxygens (including phenoxy) is 1. The number of nitrogens with one attached hydrogen (secondary N) is 2. The summed E-state index contributed by atoms with van der Waals surface area (Å²) in [5.74, 6) is -1.62. The van der Waals surface area contributed by atoms with Crippen molar-refractivity contribution in [2.24, 2.45) is 0 Å². The van der Waals surface area contributed by atoms with Crippen molar-refractivity contribution in [1.29, 1.82) is 0 Å². The summed E-state index contributed by atoms with van der Waals surface area (Å²) in [6, 6.07) is 10.8. The number of rotatable bonds is 11. The largest absolute Gasteiger partial charge is 0.456 e. The Balaban J connectivity index is 1.75. The van der Waals surface area contributed by atoms with E-state index in [0.717, 1.165) is 5.56 Å². The van der Waals surface area contributed by atoms with Crippen LogP contribution in [0.2, 0.25) is 0 Å². The highest BCUT2D eigenvalue weighted by atomic mass is 32.1. The SMILES string of the molecule is CCCN(CC(=O)Nc1ccccc1C)C(=O)COC(=O)CCNC(=O)c1cccs1. The second-order valence-electron chi connectivity index (χ2n) is 6.82. The van der Waals surface area contributed by atoms with Crippen LogP contribution < -0.4 is 10.6 Å². The highest BCUT2D eigenvalue weighted by Gasteiger charge is 2.19. The van der Waals surface area contributed by atoms with Crippen molar-refractivity contribution in [3.63, 3.8) is 0 Å². The molecule has 2 aromatic rings. The van der Waals surface area contributed by atoms with Gasteiger partial charge in [0.25, 0.3) is 11.8 Å². The molecule has 2 N–H and O–H groups in total. The van der Waals surface area contributed by atoms with Crippen molar-refractivity contribution in [3.05, 3.63) is 52.2 Å². The van der Waals surface area contributed by atoms with Gasteiger partial charge in [-0.25, -0.2) is 0 Å². The van der Waals surface area contributed by atoms with E-state index in [4.69, 9.17) is 4.74 Å². The molecule has 0 bridgehead atoms. The van der Waals surface area contributed by atoms with Crippen molar-refractivity contribution >= 4 is 40.7 Å². The van der Waals surface area contributed by atoms with Gasteiger partial charge in [0.1, 0.15) is 0 Å². The summed E-state index contributed by atoms with van der Waals surface area (Å²) in [5.41, 5.74) is 1.61. The summed E-state index contributed by atoms with van der Waals surface area (Å²) in [6.45, 7) is 3.68. The molecule has 8 nitrogen and oxygen atoms in total. The summed E-state index contributed by atoms with van der Waals surface area (Å²) < 4.78 is 5.01. The summed E-state index contributed by atoms with van der Waals surface area (Å²) >= 11 is 1.31. The normalized spacial score (nSPS) is 10.3. The Morgan fingerprint density at radius 2 is 1.87 bits per heavy atom. The van der Waals surface area contributed by atoms with E-state index in [-0.39, 0.29) is 31.3 Å². The number of anilines is 1. The zero-order valence-electron chi connectivity index (χ0n) is 17.7. The molecule has 0 fully saturated rings. The number of carbonyl (C=O) groups excluding carboxylic acids is 4. The third-order valence-corrected chi connectivity index (χ3v) is 5.18. The van der Waals surface area contributed by atoms with Gasteiger partial charge in [-0.3, -0.25) is 19.2 Å². The summed E-state index contributed by atoms with van der Waals surface area (Å²) in [6.07, 6.45) is 0.609. The molecule has 0 aliphatic carbocycles. The molecular formula is C22H27N3O5S. The molecule has 0 spiro atoms. The van der Waals surface area contributed by atoms with Crippen LogP contribution in [-0.4, -0.2) is 54.8 Å². The molecule has 0 radical (unpaired) electrons. The minimum Gasteiger partial charge on any atom is -0.456 e. The van der Waals surface area contributed by atoms with Crippen molar-refractivity contribution in [3.8, 4) is 0 Å². The van der Waals surface area contributed by atoms with Gasteiger partial charge in [0.15, 0.2) is 6.61 Å². The predicted octanol–water partition coefficient (Wildman–Crippen LogP) is 2.60. The Bertz CT molecular complexity index is 898. The monoisotopic (exact) mass is 445 g/mol. The molecular weight excluding hydrogens is 418 g/mol. The number of esters is 1. The van der Waals surface area contributed by atoms with Crippen LogP contribution in [0, 0.1) is 6.92 Å². The Morgan fingerprint density at radius 3 is 2.55 bits per heavy atom. The molecule has 0 aliphatic heterocycles. The smallest absolute Gasteiger partial charge is 0.308 e. The fourth-order valence-electron chi connectivity index (χ4n) is 2.72. The summed E-state index contributed by atoms with van der Waals surface area (Å²) in [7, 11) is 0. The Labute approximate surface area is 185 Å². The van der Waals surface area contributed by atoms with E-state index < -0.39 is 18.5 Å². The third kappa shape index (κ3) is 8.21. The molecule has 1 heterocycles. The van der Waals surface area contributed by atoms with Crippen molar-refractivity contribution in [2.45, 2.75) is 26.7 Å². The van der Waals surface area contributed by atoms with Crippen molar-refractivity contribution in [1.82, 2.24) is 10.2 Å². The van der Waals surface area contributed by atoms with E-state index >= 15 is 0 Å². The predicted molar refractivity (Wildman–Crippen MR) is 119 cm³/mol. The number of hydrogen-bond donors (Lipinski definition) is 2. The number of para-hydroxylation sites is 1. The number of benzene rings is 1. The lowest BCUT2D eigenvalue weighted by molar-refractivity contribution is -0.152. The lowest BCUT2D eigenvalue weighted by atomic mass is 10.2. The zero-order valence-corrected chi connectivity index (χ0v) is 18.5. The Kier molecular flexibility index (Phi) is 9.70. The number of nitrogens with zero attached hydrogens (tertiary/aromatic N) is 1. The Hall–Kier alpha value is -3.20. The third-order valence-electron chi connectivity index (χ3n) is 4.32. The van der Waals surface area contributed by atoms with Gasteiger partial charge in [0, 0.05) is 18.8 Å². The van der Waals surface area contributed by atoms with E-state index in [1.807, 2.05) is 32.0 Å². The standard InChI is InChI=1S/C22H27N3O5S/c1-3-12-25(14-19(26)24-17-8-5-4-7-16(17)2)20(27)15-30-21(28)10-11-23-22(29)18-9-6-13-31-18/h4-9,13H,3,10-12,14-15H2,1-2H3,(H,23,29)(H,24,26). The van der Waals surface area contributed by atoms with Crippen molar-refractivity contribution < 1.29 is 23.9 Å². The molecule has 0 atom stereocenters. The lowest BCUT2D eigenvalue weighted by Gasteiger charge is -2.21. The fourth-order valence-corrected chi connectivity index (χ4v) is 3.36. The number of hydrogen-bond acceptors (Lipinski definition) is 6. The Morgan fingerprint density at radius 1 is 1.10 bits per heavy atom. The molecule has 31 heavy (non-hydrogen) atoms. The van der Waals surface area contributed by atoms with Gasteiger partial charge in [-0.05, 0) is 36.4 Å². The quantitative estimate of drug-likeness (QED) is 0.518. The number of carbonyl (C=O) groups is 4. The van der Waals surface area contributed by atoms with Gasteiger partial charge in [0.05, 0.1) is 17.8 Å². The van der Waals surface area contributed by atoms with Gasteiger partial charge in [0.2, 0.25) is 5.91 Å². The first-order valence-electron chi connectivity index (χ1n) is 10.0. The molecule has 1 aromatic heterocycles. The van der Waals surface area contributed by atoms with E-state index in [9.17, 15) is 19.2 Å². The van der Waals surface area contributed by atoms with Crippen LogP contribution in [0.1, 0.15) is 35.0 Å². The maximum absolute atomic E-state index is 12.4.